The van der Waals surface area contributed by atoms with Crippen molar-refractivity contribution in [2.45, 2.75) is 13.1 Å². The van der Waals surface area contributed by atoms with Crippen molar-refractivity contribution in [3.8, 4) is 11.5 Å². The molecule has 0 saturated heterocycles. The maximum atomic E-state index is 13.5. The Morgan fingerprint density at radius 2 is 1.91 bits per heavy atom. The number of rotatable bonds is 5. The number of amides is 1. The number of carbonyl (C=O) groups excluding carboxylic acids is 1. The smallest absolute Gasteiger partial charge is 0.332 e. The van der Waals surface area contributed by atoms with Crippen molar-refractivity contribution < 1.29 is 14.3 Å². The summed E-state index contributed by atoms with van der Waals surface area (Å²) in [5.41, 5.74) is 0.121. The van der Waals surface area contributed by atoms with Gasteiger partial charge in [-0.15, -0.1) is 11.3 Å². The van der Waals surface area contributed by atoms with E-state index in [4.69, 9.17) is 9.47 Å². The molecule has 0 atom stereocenters. The summed E-state index contributed by atoms with van der Waals surface area (Å²) >= 11 is 1.55. The van der Waals surface area contributed by atoms with Crippen LogP contribution in [0.5, 0.6) is 11.5 Å². The number of thiophene rings is 1. The third-order valence-corrected chi connectivity index (χ3v) is 6.42. The molecule has 170 valence electrons. The third kappa shape index (κ3) is 3.69. The largest absolute Gasteiger partial charge is 0.486 e. The van der Waals surface area contributed by atoms with E-state index < -0.39 is 11.2 Å². The molecule has 0 aliphatic carbocycles. The molecular weight excluding hydrogens is 446 g/mol. The predicted molar refractivity (Wildman–Crippen MR) is 123 cm³/mol. The first-order chi connectivity index (χ1) is 15.9. The summed E-state index contributed by atoms with van der Waals surface area (Å²) in [7, 11) is 2.95. The summed E-state index contributed by atoms with van der Waals surface area (Å²) < 4.78 is 15.1. The van der Waals surface area contributed by atoms with Crippen LogP contribution in [0.2, 0.25) is 0 Å². The van der Waals surface area contributed by atoms with Crippen molar-refractivity contribution >= 4 is 34.1 Å². The second-order valence-corrected chi connectivity index (χ2v) is 8.67. The van der Waals surface area contributed by atoms with Gasteiger partial charge in [-0.05, 0) is 23.6 Å². The van der Waals surface area contributed by atoms with Crippen LogP contribution in [0, 0.1) is 0 Å². The van der Waals surface area contributed by atoms with E-state index in [0.717, 1.165) is 9.44 Å². The van der Waals surface area contributed by atoms with E-state index in [9.17, 15) is 14.4 Å². The van der Waals surface area contributed by atoms with Gasteiger partial charge in [-0.25, -0.2) is 9.78 Å². The Bertz CT molecular complexity index is 1470. The van der Waals surface area contributed by atoms with Crippen LogP contribution < -0.4 is 25.6 Å². The number of hydrogen-bond donors (Lipinski definition) is 0. The Hall–Kier alpha value is -3.86. The number of nitrogens with zero attached hydrogens (tertiary/aromatic N) is 5. The Morgan fingerprint density at radius 3 is 2.67 bits per heavy atom. The molecule has 5 rings (SSSR count). The summed E-state index contributed by atoms with van der Waals surface area (Å²) in [5, 5.41) is 1.95. The van der Waals surface area contributed by atoms with Crippen LogP contribution in [-0.4, -0.2) is 37.8 Å². The Labute approximate surface area is 191 Å². The Kier molecular flexibility index (Phi) is 5.25. The van der Waals surface area contributed by atoms with E-state index in [2.05, 4.69) is 4.98 Å². The summed E-state index contributed by atoms with van der Waals surface area (Å²) in [6.45, 7) is 1.16. The fourth-order valence-electron chi connectivity index (χ4n) is 3.83. The predicted octanol–water partition coefficient (Wildman–Crippen LogP) is 1.50. The molecule has 10 nitrogen and oxygen atoms in total. The number of hydrogen-bond acceptors (Lipinski definition) is 7. The topological polar surface area (TPSA) is 101 Å². The number of benzene rings is 1. The first kappa shape index (κ1) is 21.0. The second-order valence-electron chi connectivity index (χ2n) is 7.64. The molecule has 3 aromatic heterocycles. The molecule has 0 bridgehead atoms. The van der Waals surface area contributed by atoms with Crippen LogP contribution in [0.4, 0.5) is 5.69 Å². The second kappa shape index (κ2) is 8.24. The van der Waals surface area contributed by atoms with E-state index >= 15 is 0 Å². The standard InChI is InChI=1S/C22H21N5O5S/c1-24-20-19(21(29)25(2)22(24)30)26(13-23-20)12-18(28)27(11-15-4-3-9-33-15)14-5-6-16-17(10-14)32-8-7-31-16/h3-6,9-10,13H,7-8,11-12H2,1-2H3. The van der Waals surface area contributed by atoms with E-state index in [1.807, 2.05) is 23.6 Å². The zero-order valence-electron chi connectivity index (χ0n) is 18.1. The molecule has 33 heavy (non-hydrogen) atoms. The number of anilines is 1. The molecule has 0 saturated carbocycles. The number of imidazole rings is 1. The molecule has 1 aliphatic rings. The minimum Gasteiger partial charge on any atom is -0.486 e. The minimum absolute atomic E-state index is 0.121. The van der Waals surface area contributed by atoms with Crippen molar-refractivity contribution in [2.75, 3.05) is 18.1 Å². The van der Waals surface area contributed by atoms with Gasteiger partial charge in [-0.3, -0.25) is 18.7 Å². The molecule has 1 amide bonds. The molecular formula is C22H21N5O5S. The zero-order valence-corrected chi connectivity index (χ0v) is 18.9. The fourth-order valence-corrected chi connectivity index (χ4v) is 4.52. The van der Waals surface area contributed by atoms with Gasteiger partial charge in [0.05, 0.1) is 12.9 Å². The lowest BCUT2D eigenvalue weighted by atomic mass is 10.2. The average Bonchev–Trinajstić information content (AvgIpc) is 3.49. The molecule has 0 radical (unpaired) electrons. The van der Waals surface area contributed by atoms with E-state index in [1.165, 1.54) is 22.5 Å². The van der Waals surface area contributed by atoms with E-state index in [0.29, 0.717) is 36.9 Å². The van der Waals surface area contributed by atoms with Crippen molar-refractivity contribution in [1.82, 2.24) is 18.7 Å². The first-order valence-corrected chi connectivity index (χ1v) is 11.2. The lowest BCUT2D eigenvalue weighted by Crippen LogP contribution is -2.38. The summed E-state index contributed by atoms with van der Waals surface area (Å²) in [4.78, 5) is 45.3. The lowest BCUT2D eigenvalue weighted by Gasteiger charge is -2.25. The zero-order chi connectivity index (χ0) is 23.1. The summed E-state index contributed by atoms with van der Waals surface area (Å²) in [6, 6.07) is 9.28. The first-order valence-electron chi connectivity index (χ1n) is 10.3. The number of aromatic nitrogens is 4. The molecule has 0 spiro atoms. The van der Waals surface area contributed by atoms with Crippen molar-refractivity contribution in [1.29, 1.82) is 0 Å². The molecule has 0 N–H and O–H groups in total. The van der Waals surface area contributed by atoms with Gasteiger partial charge in [-0.2, -0.15) is 0 Å². The fraction of sp³-hybridized carbons (Fsp3) is 0.273. The quantitative estimate of drug-likeness (QED) is 0.441. The van der Waals surface area contributed by atoms with Gasteiger partial charge in [0.2, 0.25) is 5.91 Å². The van der Waals surface area contributed by atoms with Crippen LogP contribution >= 0.6 is 11.3 Å². The highest BCUT2D eigenvalue weighted by atomic mass is 32.1. The van der Waals surface area contributed by atoms with Crippen LogP contribution in [0.15, 0.2) is 51.6 Å². The third-order valence-electron chi connectivity index (χ3n) is 5.56. The number of aryl methyl sites for hydroxylation is 1. The number of fused-ring (bicyclic) bond motifs is 2. The maximum Gasteiger partial charge on any atom is 0.332 e. The molecule has 11 heteroatoms. The Balaban J connectivity index is 1.53. The lowest BCUT2D eigenvalue weighted by molar-refractivity contribution is -0.119. The molecule has 4 aromatic rings. The van der Waals surface area contributed by atoms with Gasteiger partial charge >= 0.3 is 5.69 Å². The van der Waals surface area contributed by atoms with Crippen molar-refractivity contribution in [3.05, 3.63) is 67.8 Å². The van der Waals surface area contributed by atoms with Crippen LogP contribution in [0.3, 0.4) is 0 Å². The van der Waals surface area contributed by atoms with E-state index in [1.54, 1.807) is 35.4 Å². The number of ether oxygens (including phenoxy) is 2. The highest BCUT2D eigenvalue weighted by Crippen LogP contribution is 2.35. The van der Waals surface area contributed by atoms with Gasteiger partial charge < -0.3 is 18.9 Å². The normalized spacial score (nSPS) is 12.8. The minimum atomic E-state index is -0.498. The SMILES string of the molecule is Cn1c(=O)c2c(ncn2CC(=O)N(Cc2cccs2)c2ccc3c(c2)OCCO3)n(C)c1=O. The van der Waals surface area contributed by atoms with Gasteiger partial charge in [0.25, 0.3) is 5.56 Å². The van der Waals surface area contributed by atoms with Crippen LogP contribution in [-0.2, 0) is 32.0 Å². The molecule has 1 aromatic carbocycles. The number of carbonyl (C=O) groups is 1. The van der Waals surface area contributed by atoms with Gasteiger partial charge in [0.15, 0.2) is 22.7 Å². The van der Waals surface area contributed by atoms with E-state index in [-0.39, 0.29) is 23.6 Å². The molecule has 1 aliphatic heterocycles. The molecule has 0 fully saturated rings. The average molecular weight is 468 g/mol. The highest BCUT2D eigenvalue weighted by molar-refractivity contribution is 7.09. The highest BCUT2D eigenvalue weighted by Gasteiger charge is 2.23. The maximum absolute atomic E-state index is 13.5. The van der Waals surface area contributed by atoms with Gasteiger partial charge in [-0.1, -0.05) is 6.07 Å². The Morgan fingerprint density at radius 1 is 1.12 bits per heavy atom. The van der Waals surface area contributed by atoms with Gasteiger partial charge in [0.1, 0.15) is 19.8 Å². The van der Waals surface area contributed by atoms with Crippen LogP contribution in [0.25, 0.3) is 11.2 Å². The monoisotopic (exact) mass is 467 g/mol. The summed E-state index contributed by atoms with van der Waals surface area (Å²) in [6.07, 6.45) is 1.41. The van der Waals surface area contributed by atoms with Crippen molar-refractivity contribution in [3.63, 3.8) is 0 Å². The van der Waals surface area contributed by atoms with Crippen molar-refractivity contribution in [2.24, 2.45) is 14.1 Å². The van der Waals surface area contributed by atoms with Gasteiger partial charge in [0, 0.05) is 30.7 Å². The summed E-state index contributed by atoms with van der Waals surface area (Å²) in [5.74, 6) is 0.980. The van der Waals surface area contributed by atoms with Crippen LogP contribution in [0.1, 0.15) is 4.88 Å². The molecule has 0 unspecified atom stereocenters. The molecule has 4 heterocycles.